The first kappa shape index (κ1) is 16.5. The number of rotatable bonds is 5. The Bertz CT molecular complexity index is 706. The van der Waals surface area contributed by atoms with Crippen LogP contribution < -0.4 is 5.32 Å². The Labute approximate surface area is 139 Å². The number of benzene rings is 2. The molecule has 0 aliphatic heterocycles. The van der Waals surface area contributed by atoms with E-state index in [4.69, 9.17) is 5.26 Å². The summed E-state index contributed by atoms with van der Waals surface area (Å²) in [6, 6.07) is 13.7. The molecule has 0 aliphatic rings. The molecule has 1 amide bonds. The van der Waals surface area contributed by atoms with Crippen molar-refractivity contribution in [1.82, 2.24) is 0 Å². The van der Waals surface area contributed by atoms with Crippen LogP contribution in [0.5, 0.6) is 0 Å². The van der Waals surface area contributed by atoms with Gasteiger partial charge in [-0.2, -0.15) is 5.26 Å². The maximum Gasteiger partial charge on any atom is 0.234 e. The topological polar surface area (TPSA) is 52.9 Å². The van der Waals surface area contributed by atoms with Gasteiger partial charge < -0.3 is 5.32 Å². The molecule has 0 aliphatic carbocycles. The Hall–Kier alpha value is -1.90. The third kappa shape index (κ3) is 4.83. The highest BCUT2D eigenvalue weighted by atomic mass is 32.2. The van der Waals surface area contributed by atoms with E-state index in [0.29, 0.717) is 5.75 Å². The van der Waals surface area contributed by atoms with Crippen molar-refractivity contribution in [2.75, 3.05) is 11.1 Å². The van der Waals surface area contributed by atoms with E-state index in [1.54, 1.807) is 0 Å². The molecule has 2 rings (SSSR count). The highest BCUT2D eigenvalue weighted by molar-refractivity contribution is 8.03. The molecule has 0 fully saturated rings. The highest BCUT2D eigenvalue weighted by Crippen LogP contribution is 2.24. The van der Waals surface area contributed by atoms with Gasteiger partial charge in [0.2, 0.25) is 5.91 Å². The fraction of sp³-hybridized carbons (Fsp3) is 0.176. The van der Waals surface area contributed by atoms with Crippen LogP contribution in [0.3, 0.4) is 0 Å². The summed E-state index contributed by atoms with van der Waals surface area (Å²) in [7, 11) is 0. The second kappa shape index (κ2) is 7.92. The van der Waals surface area contributed by atoms with Gasteiger partial charge in [-0.25, -0.2) is 0 Å². The zero-order valence-electron chi connectivity index (χ0n) is 12.4. The van der Waals surface area contributed by atoms with Crippen LogP contribution in [0, 0.1) is 24.5 Å². The van der Waals surface area contributed by atoms with Gasteiger partial charge in [0.25, 0.3) is 0 Å². The van der Waals surface area contributed by atoms with Crippen LogP contribution in [0.2, 0.25) is 0 Å². The Kier molecular flexibility index (Phi) is 5.93. The Balaban J connectivity index is 1.92. The van der Waals surface area contributed by atoms with Crippen molar-refractivity contribution in [2.24, 2.45) is 0 Å². The number of aryl methyl sites for hydroxylation is 2. The molecule has 0 radical (unpaired) electrons. The molecule has 5 heteroatoms. The fourth-order valence-electron chi connectivity index (χ4n) is 1.86. The quantitative estimate of drug-likeness (QED) is 0.643. The first-order valence-corrected chi connectivity index (χ1v) is 8.54. The maximum atomic E-state index is 12.0. The molecule has 0 aromatic heterocycles. The van der Waals surface area contributed by atoms with Crippen LogP contribution in [-0.2, 0) is 4.79 Å². The highest BCUT2D eigenvalue weighted by Gasteiger charge is 2.06. The molecule has 3 nitrogen and oxygen atoms in total. The van der Waals surface area contributed by atoms with E-state index in [9.17, 15) is 4.79 Å². The van der Waals surface area contributed by atoms with Gasteiger partial charge in [0.15, 0.2) is 0 Å². The number of thioether (sulfide) groups is 2. The van der Waals surface area contributed by atoms with Gasteiger partial charge in [0.1, 0.15) is 5.40 Å². The van der Waals surface area contributed by atoms with Gasteiger partial charge in [-0.15, -0.1) is 11.8 Å². The van der Waals surface area contributed by atoms with Crippen LogP contribution in [0.1, 0.15) is 11.1 Å². The monoisotopic (exact) mass is 328 g/mol. The average molecular weight is 328 g/mol. The van der Waals surface area contributed by atoms with E-state index in [0.717, 1.165) is 32.8 Å². The molecular formula is C17H16N2OS2. The summed E-state index contributed by atoms with van der Waals surface area (Å²) in [6.07, 6.45) is 0. The van der Waals surface area contributed by atoms with Gasteiger partial charge in [0, 0.05) is 15.5 Å². The molecule has 0 saturated heterocycles. The van der Waals surface area contributed by atoms with Crippen molar-refractivity contribution in [3.63, 3.8) is 0 Å². The minimum atomic E-state index is -0.0330. The predicted octanol–water partition coefficient (Wildman–Crippen LogP) is 4.61. The van der Waals surface area contributed by atoms with E-state index in [1.807, 2.05) is 61.7 Å². The number of carbonyl (C=O) groups is 1. The van der Waals surface area contributed by atoms with Crippen molar-refractivity contribution in [2.45, 2.75) is 23.6 Å². The summed E-state index contributed by atoms with van der Waals surface area (Å²) >= 11 is 2.63. The fourth-order valence-corrected chi connectivity index (χ4v) is 3.04. The van der Waals surface area contributed by atoms with Crippen molar-refractivity contribution in [1.29, 1.82) is 5.26 Å². The molecule has 0 heterocycles. The van der Waals surface area contributed by atoms with E-state index in [2.05, 4.69) is 5.32 Å². The lowest BCUT2D eigenvalue weighted by Crippen LogP contribution is -2.14. The number of hydrogen-bond acceptors (Lipinski definition) is 4. The van der Waals surface area contributed by atoms with Gasteiger partial charge in [-0.3, -0.25) is 4.79 Å². The standard InChI is InChI=1S/C17H16N2OS2/c1-12-3-5-14(6-4-12)21-10-17(20)19-16-8-7-15(22-11-18)9-13(16)2/h3-9H,10H2,1-2H3,(H,19,20). The van der Waals surface area contributed by atoms with Crippen molar-refractivity contribution in [3.8, 4) is 5.40 Å². The summed E-state index contributed by atoms with van der Waals surface area (Å²) < 4.78 is 0. The number of nitriles is 1. The molecule has 0 unspecified atom stereocenters. The van der Waals surface area contributed by atoms with Gasteiger partial charge in [-0.1, -0.05) is 17.7 Å². The molecule has 112 valence electrons. The van der Waals surface area contributed by atoms with Crippen LogP contribution in [0.25, 0.3) is 0 Å². The molecule has 2 aromatic carbocycles. The average Bonchev–Trinajstić information content (AvgIpc) is 2.50. The third-order valence-electron chi connectivity index (χ3n) is 3.03. The predicted molar refractivity (Wildman–Crippen MR) is 93.2 cm³/mol. The summed E-state index contributed by atoms with van der Waals surface area (Å²) in [5.41, 5.74) is 2.95. The maximum absolute atomic E-state index is 12.0. The second-order valence-electron chi connectivity index (χ2n) is 4.82. The first-order valence-electron chi connectivity index (χ1n) is 6.74. The van der Waals surface area contributed by atoms with Crippen molar-refractivity contribution >= 4 is 35.1 Å². The van der Waals surface area contributed by atoms with Crippen molar-refractivity contribution in [3.05, 3.63) is 53.6 Å². The van der Waals surface area contributed by atoms with Crippen LogP contribution in [0.15, 0.2) is 52.3 Å². The number of hydrogen-bond donors (Lipinski definition) is 1. The lowest BCUT2D eigenvalue weighted by atomic mass is 10.2. The number of amides is 1. The van der Waals surface area contributed by atoms with Crippen LogP contribution in [0.4, 0.5) is 5.69 Å². The summed E-state index contributed by atoms with van der Waals surface area (Å²) in [4.78, 5) is 14.0. The van der Waals surface area contributed by atoms with Crippen LogP contribution >= 0.6 is 23.5 Å². The molecular weight excluding hydrogens is 312 g/mol. The zero-order valence-corrected chi connectivity index (χ0v) is 14.1. The molecule has 0 atom stereocenters. The van der Waals surface area contributed by atoms with Gasteiger partial charge in [0.05, 0.1) is 5.75 Å². The van der Waals surface area contributed by atoms with E-state index in [1.165, 1.54) is 17.3 Å². The third-order valence-corrected chi connectivity index (χ3v) is 4.62. The number of carbonyl (C=O) groups excluding carboxylic acids is 1. The largest absolute Gasteiger partial charge is 0.325 e. The molecule has 22 heavy (non-hydrogen) atoms. The molecule has 1 N–H and O–H groups in total. The second-order valence-corrected chi connectivity index (χ2v) is 6.73. The molecule has 2 aromatic rings. The van der Waals surface area contributed by atoms with E-state index < -0.39 is 0 Å². The normalized spacial score (nSPS) is 10.0. The number of nitrogens with zero attached hydrogens (tertiary/aromatic N) is 1. The SMILES string of the molecule is Cc1ccc(SCC(=O)Nc2ccc(SC#N)cc2C)cc1. The smallest absolute Gasteiger partial charge is 0.234 e. The minimum Gasteiger partial charge on any atom is -0.325 e. The Morgan fingerprint density at radius 1 is 1.14 bits per heavy atom. The minimum absolute atomic E-state index is 0.0330. The molecule has 0 spiro atoms. The number of anilines is 1. The summed E-state index contributed by atoms with van der Waals surface area (Å²) in [5.74, 6) is 0.339. The van der Waals surface area contributed by atoms with E-state index >= 15 is 0 Å². The molecule has 0 saturated carbocycles. The van der Waals surface area contributed by atoms with E-state index in [-0.39, 0.29) is 5.91 Å². The van der Waals surface area contributed by atoms with Crippen molar-refractivity contribution < 1.29 is 4.79 Å². The lowest BCUT2D eigenvalue weighted by molar-refractivity contribution is -0.113. The Morgan fingerprint density at radius 2 is 1.82 bits per heavy atom. The first-order chi connectivity index (χ1) is 10.6. The zero-order chi connectivity index (χ0) is 15.9. The number of nitrogens with one attached hydrogen (secondary N) is 1. The van der Waals surface area contributed by atoms with Gasteiger partial charge >= 0.3 is 0 Å². The Morgan fingerprint density at radius 3 is 2.45 bits per heavy atom. The number of thiocyanates is 1. The lowest BCUT2D eigenvalue weighted by Gasteiger charge is -2.09. The summed E-state index contributed by atoms with van der Waals surface area (Å²) in [6.45, 7) is 3.96. The molecule has 0 bridgehead atoms. The van der Waals surface area contributed by atoms with Gasteiger partial charge in [-0.05, 0) is 61.5 Å². The van der Waals surface area contributed by atoms with Crippen LogP contribution in [-0.4, -0.2) is 11.7 Å². The summed E-state index contributed by atoms with van der Waals surface area (Å²) in [5, 5.41) is 13.6.